The largest absolute Gasteiger partial charge is 0.323 e. The number of carbonyl (C=O) groups is 2. The van der Waals surface area contributed by atoms with Crippen molar-refractivity contribution < 1.29 is 9.59 Å². The summed E-state index contributed by atoms with van der Waals surface area (Å²) in [6.45, 7) is 9.06. The smallest absolute Gasteiger partial charge is 0.244 e. The number of nitrogens with one attached hydrogen (secondary N) is 1. The highest BCUT2D eigenvalue weighted by Gasteiger charge is 2.31. The number of imidazole rings is 1. The van der Waals surface area contributed by atoms with E-state index >= 15 is 0 Å². The molecule has 0 radical (unpaired) electrons. The molecule has 2 amide bonds. The summed E-state index contributed by atoms with van der Waals surface area (Å²) >= 11 is 1.46. The van der Waals surface area contributed by atoms with Crippen LogP contribution in [-0.2, 0) is 16.1 Å². The van der Waals surface area contributed by atoms with Crippen molar-refractivity contribution >= 4 is 35.0 Å². The van der Waals surface area contributed by atoms with E-state index in [0.717, 1.165) is 41.6 Å². The van der Waals surface area contributed by atoms with Crippen LogP contribution in [0.15, 0.2) is 29.4 Å². The van der Waals surface area contributed by atoms with Crippen molar-refractivity contribution in [1.29, 1.82) is 0 Å². The first-order valence-electron chi connectivity index (χ1n) is 9.33. The predicted octanol–water partition coefficient (Wildman–Crippen LogP) is 3.77. The van der Waals surface area contributed by atoms with Gasteiger partial charge in [-0.05, 0) is 39.3 Å². The quantitative estimate of drug-likeness (QED) is 0.768. The number of amides is 2. The Morgan fingerprint density at radius 1 is 1.33 bits per heavy atom. The molecule has 0 aliphatic carbocycles. The molecule has 0 saturated carbocycles. The van der Waals surface area contributed by atoms with Crippen LogP contribution >= 0.6 is 11.8 Å². The molecule has 2 heterocycles. The van der Waals surface area contributed by atoms with Gasteiger partial charge in [-0.2, -0.15) is 0 Å². The van der Waals surface area contributed by atoms with Crippen molar-refractivity contribution in [3.8, 4) is 0 Å². The second kappa shape index (κ2) is 8.17. The summed E-state index contributed by atoms with van der Waals surface area (Å²) in [5.74, 6) is -0.252. The Balaban J connectivity index is 1.81. The van der Waals surface area contributed by atoms with Crippen molar-refractivity contribution in [2.24, 2.45) is 0 Å². The molecule has 1 aliphatic rings. The minimum atomic E-state index is -0.342. The normalized spacial score (nSPS) is 14.7. The molecule has 2 aromatic rings. The van der Waals surface area contributed by atoms with Gasteiger partial charge in [0.1, 0.15) is 6.54 Å². The average Bonchev–Trinajstić information content (AvgIpc) is 2.91. The predicted molar refractivity (Wildman–Crippen MR) is 109 cm³/mol. The molecular formula is C20H26N4O2S. The topological polar surface area (TPSA) is 67.2 Å². The molecule has 1 unspecified atom stereocenters. The van der Waals surface area contributed by atoms with E-state index in [1.165, 1.54) is 11.8 Å². The zero-order chi connectivity index (χ0) is 19.6. The van der Waals surface area contributed by atoms with E-state index < -0.39 is 0 Å². The van der Waals surface area contributed by atoms with Crippen LogP contribution in [0.4, 0.5) is 11.4 Å². The maximum absolute atomic E-state index is 13.1. The number of aryl methyl sites for hydroxylation is 1. The zero-order valence-electron chi connectivity index (χ0n) is 16.3. The van der Waals surface area contributed by atoms with Gasteiger partial charge in [-0.1, -0.05) is 37.2 Å². The number of nitrogens with zero attached hydrogens (tertiary/aromatic N) is 3. The first kappa shape index (κ1) is 19.5. The molecule has 1 aromatic carbocycles. The molecular weight excluding hydrogens is 360 g/mol. The van der Waals surface area contributed by atoms with Gasteiger partial charge in [-0.25, -0.2) is 4.98 Å². The Bertz CT molecular complexity index is 862. The summed E-state index contributed by atoms with van der Waals surface area (Å²) in [5, 5.41) is 3.35. The van der Waals surface area contributed by atoms with Gasteiger partial charge in [0.2, 0.25) is 11.8 Å². The number of hydrogen-bond acceptors (Lipinski definition) is 4. The minimum Gasteiger partial charge on any atom is -0.323 e. The van der Waals surface area contributed by atoms with E-state index in [9.17, 15) is 9.59 Å². The van der Waals surface area contributed by atoms with E-state index in [0.29, 0.717) is 5.69 Å². The lowest BCUT2D eigenvalue weighted by Crippen LogP contribution is -2.45. The number of para-hydroxylation sites is 2. The monoisotopic (exact) mass is 386 g/mol. The number of anilines is 2. The number of unbranched alkanes of at least 4 members (excludes halogenated alkanes) is 1. The van der Waals surface area contributed by atoms with Crippen LogP contribution in [0.5, 0.6) is 0 Å². The number of benzene rings is 1. The van der Waals surface area contributed by atoms with Crippen molar-refractivity contribution in [1.82, 2.24) is 9.55 Å². The number of thioether (sulfide) groups is 1. The van der Waals surface area contributed by atoms with Crippen LogP contribution in [-0.4, -0.2) is 33.2 Å². The van der Waals surface area contributed by atoms with Gasteiger partial charge in [0.25, 0.3) is 0 Å². The summed E-state index contributed by atoms with van der Waals surface area (Å²) in [4.78, 5) is 31.4. The van der Waals surface area contributed by atoms with Crippen LogP contribution in [0.3, 0.4) is 0 Å². The van der Waals surface area contributed by atoms with E-state index in [4.69, 9.17) is 0 Å². The van der Waals surface area contributed by atoms with Crippen molar-refractivity contribution in [3.63, 3.8) is 0 Å². The lowest BCUT2D eigenvalue weighted by atomic mass is 10.2. The molecule has 0 bridgehead atoms. The molecule has 3 rings (SSSR count). The molecule has 0 spiro atoms. The van der Waals surface area contributed by atoms with Gasteiger partial charge in [-0.15, -0.1) is 0 Å². The number of carbonyl (C=O) groups excluding carboxylic acids is 2. The molecule has 7 heteroatoms. The summed E-state index contributed by atoms with van der Waals surface area (Å²) in [5.41, 5.74) is 3.57. The summed E-state index contributed by atoms with van der Waals surface area (Å²) in [7, 11) is 0. The maximum atomic E-state index is 13.1. The molecule has 27 heavy (non-hydrogen) atoms. The van der Waals surface area contributed by atoms with Crippen LogP contribution < -0.4 is 10.2 Å². The van der Waals surface area contributed by atoms with E-state index in [1.807, 2.05) is 38.1 Å². The number of hydrogen-bond donors (Lipinski definition) is 1. The van der Waals surface area contributed by atoms with Gasteiger partial charge in [-0.3, -0.25) is 14.5 Å². The van der Waals surface area contributed by atoms with Gasteiger partial charge < -0.3 is 9.88 Å². The van der Waals surface area contributed by atoms with Gasteiger partial charge in [0.05, 0.1) is 22.3 Å². The number of fused-ring (bicyclic) bond motifs is 1. The fraction of sp³-hybridized carbons (Fsp3) is 0.450. The molecule has 144 valence electrons. The van der Waals surface area contributed by atoms with Gasteiger partial charge in [0.15, 0.2) is 5.16 Å². The van der Waals surface area contributed by atoms with E-state index in [-0.39, 0.29) is 23.6 Å². The lowest BCUT2D eigenvalue weighted by Gasteiger charge is -2.30. The molecule has 1 aromatic heterocycles. The average molecular weight is 387 g/mol. The standard InChI is InChI=1S/C20H26N4O2S/c1-5-6-11-23-14(3)13(2)21-20(23)27-15(4)19(26)24-12-18(25)22-16-9-7-8-10-17(16)24/h7-10,15H,5-6,11-12H2,1-4H3,(H,22,25). The SMILES string of the molecule is CCCCn1c(SC(C)C(=O)N2CC(=O)Nc3ccccc32)nc(C)c1C. The second-order valence-electron chi connectivity index (χ2n) is 6.82. The van der Waals surface area contributed by atoms with Crippen LogP contribution in [0.25, 0.3) is 0 Å². The third-order valence-corrected chi connectivity index (χ3v) is 5.90. The van der Waals surface area contributed by atoms with E-state index in [1.54, 1.807) is 4.90 Å². The molecule has 1 N–H and O–H groups in total. The summed E-state index contributed by atoms with van der Waals surface area (Å²) < 4.78 is 2.20. The highest BCUT2D eigenvalue weighted by Crippen LogP contribution is 2.32. The third-order valence-electron chi connectivity index (χ3n) is 4.82. The second-order valence-corrected chi connectivity index (χ2v) is 8.13. The Labute approximate surface area is 164 Å². The Morgan fingerprint density at radius 3 is 2.81 bits per heavy atom. The zero-order valence-corrected chi connectivity index (χ0v) is 17.1. The van der Waals surface area contributed by atoms with Crippen LogP contribution in [0.1, 0.15) is 38.1 Å². The molecule has 1 atom stereocenters. The molecule has 1 aliphatic heterocycles. The fourth-order valence-electron chi connectivity index (χ4n) is 3.15. The lowest BCUT2D eigenvalue weighted by molar-refractivity contribution is -0.121. The summed E-state index contributed by atoms with van der Waals surface area (Å²) in [6.07, 6.45) is 2.18. The third kappa shape index (κ3) is 4.03. The first-order valence-corrected chi connectivity index (χ1v) is 10.2. The first-order chi connectivity index (χ1) is 12.9. The Morgan fingerprint density at radius 2 is 2.07 bits per heavy atom. The van der Waals surface area contributed by atoms with Crippen molar-refractivity contribution in [3.05, 3.63) is 35.7 Å². The van der Waals surface area contributed by atoms with Gasteiger partial charge >= 0.3 is 0 Å². The number of rotatable bonds is 6. The van der Waals surface area contributed by atoms with Crippen molar-refractivity contribution in [2.45, 2.75) is 57.5 Å². The highest BCUT2D eigenvalue weighted by atomic mass is 32.2. The molecule has 0 saturated heterocycles. The molecule has 0 fully saturated rings. The van der Waals surface area contributed by atoms with Crippen molar-refractivity contribution in [2.75, 3.05) is 16.8 Å². The van der Waals surface area contributed by atoms with Gasteiger partial charge in [0, 0.05) is 12.2 Å². The van der Waals surface area contributed by atoms with E-state index in [2.05, 4.69) is 28.7 Å². The minimum absolute atomic E-state index is 0.0447. The Hall–Kier alpha value is -2.28. The summed E-state index contributed by atoms with van der Waals surface area (Å²) in [6, 6.07) is 7.40. The maximum Gasteiger partial charge on any atom is 0.244 e. The fourth-order valence-corrected chi connectivity index (χ4v) is 4.24. The highest BCUT2D eigenvalue weighted by molar-refractivity contribution is 8.00. The number of aromatic nitrogens is 2. The van der Waals surface area contributed by atoms with Crippen LogP contribution in [0.2, 0.25) is 0 Å². The van der Waals surface area contributed by atoms with Crippen LogP contribution in [0, 0.1) is 13.8 Å². The Kier molecular flexibility index (Phi) is 5.89. The molecule has 6 nitrogen and oxygen atoms in total.